The van der Waals surface area contributed by atoms with Gasteiger partial charge in [0.1, 0.15) is 17.4 Å². The molecule has 10 heteroatoms. The van der Waals surface area contributed by atoms with Gasteiger partial charge in [0.05, 0.1) is 25.9 Å². The van der Waals surface area contributed by atoms with Crippen molar-refractivity contribution >= 4 is 29.9 Å². The van der Waals surface area contributed by atoms with Crippen molar-refractivity contribution in [2.45, 2.75) is 26.4 Å². The molecule has 2 aromatic heterocycles. The fraction of sp³-hybridized carbons (Fsp3) is 0.333. The molecule has 3 rings (SSSR count). The Bertz CT molecular complexity index is 992. The minimum atomic E-state index is -0.372. The first-order valence-electron chi connectivity index (χ1n) is 9.66. The summed E-state index contributed by atoms with van der Waals surface area (Å²) in [6.45, 7) is 3.11. The van der Waals surface area contributed by atoms with Crippen molar-refractivity contribution < 1.29 is 9.13 Å². The van der Waals surface area contributed by atoms with E-state index in [1.807, 2.05) is 42.8 Å². The molecule has 0 unspecified atom stereocenters. The number of nitrogens with one attached hydrogen (secondary N) is 2. The molecule has 2 heterocycles. The van der Waals surface area contributed by atoms with Gasteiger partial charge in [-0.3, -0.25) is 4.98 Å². The molecule has 8 nitrogen and oxygen atoms in total. The molecule has 0 amide bonds. The third kappa shape index (κ3) is 7.16. The topological polar surface area (TPSA) is 89.2 Å². The Kier molecular flexibility index (Phi) is 9.63. The molecule has 0 radical (unpaired) electrons. The molecule has 166 valence electrons. The molecule has 0 saturated carbocycles. The second kappa shape index (κ2) is 12.2. The third-order valence-electron chi connectivity index (χ3n) is 4.68. The Morgan fingerprint density at radius 1 is 1.16 bits per heavy atom. The zero-order chi connectivity index (χ0) is 21.3. The minimum Gasteiger partial charge on any atom is -0.497 e. The number of nitrogens with zero attached hydrogens (tertiary/aromatic N) is 5. The van der Waals surface area contributed by atoms with Gasteiger partial charge in [0.15, 0.2) is 11.8 Å². The second-order valence-corrected chi connectivity index (χ2v) is 6.70. The quantitative estimate of drug-likeness (QED) is 0.260. The Morgan fingerprint density at radius 2 is 1.94 bits per heavy atom. The van der Waals surface area contributed by atoms with Crippen LogP contribution < -0.4 is 15.4 Å². The van der Waals surface area contributed by atoms with Gasteiger partial charge in [-0.05, 0) is 43.2 Å². The highest BCUT2D eigenvalue weighted by molar-refractivity contribution is 14.0. The van der Waals surface area contributed by atoms with E-state index in [0.717, 1.165) is 23.8 Å². The average molecular weight is 539 g/mol. The lowest BCUT2D eigenvalue weighted by atomic mass is 10.1. The van der Waals surface area contributed by atoms with Gasteiger partial charge in [0, 0.05) is 19.8 Å². The summed E-state index contributed by atoms with van der Waals surface area (Å²) in [4.78, 5) is 8.53. The maximum atomic E-state index is 13.9. The zero-order valence-electron chi connectivity index (χ0n) is 17.8. The van der Waals surface area contributed by atoms with Gasteiger partial charge >= 0.3 is 0 Å². The number of rotatable bonds is 8. The van der Waals surface area contributed by atoms with Crippen LogP contribution in [0.15, 0.2) is 47.6 Å². The van der Waals surface area contributed by atoms with Gasteiger partial charge in [-0.15, -0.1) is 34.2 Å². The van der Waals surface area contributed by atoms with E-state index in [9.17, 15) is 4.39 Å². The van der Waals surface area contributed by atoms with Crippen molar-refractivity contribution in [2.24, 2.45) is 12.0 Å². The van der Waals surface area contributed by atoms with Crippen molar-refractivity contribution in [1.29, 1.82) is 0 Å². The Labute approximate surface area is 198 Å². The zero-order valence-corrected chi connectivity index (χ0v) is 20.1. The van der Waals surface area contributed by atoms with Gasteiger partial charge in [0.2, 0.25) is 0 Å². The maximum Gasteiger partial charge on any atom is 0.192 e. The van der Waals surface area contributed by atoms with E-state index in [-0.39, 0.29) is 36.3 Å². The number of aliphatic imine (C=N–C) groups is 1. The maximum absolute atomic E-state index is 13.9. The van der Waals surface area contributed by atoms with Crippen LogP contribution in [0.4, 0.5) is 4.39 Å². The molecular weight excluding hydrogens is 512 g/mol. The standard InChI is InChI=1S/C21H26FN7O.HI/c1-15-27-28-20(29(15)2)14-26-21(25-13-19-18(22)5-4-11-23-19)24-12-10-16-6-8-17(30-3)9-7-16;/h4-9,11H,10,12-14H2,1-3H3,(H2,24,25,26);1H. The number of methoxy groups -OCH3 is 1. The molecule has 0 saturated heterocycles. The minimum absolute atomic E-state index is 0. The summed E-state index contributed by atoms with van der Waals surface area (Å²) in [5.41, 5.74) is 1.46. The fourth-order valence-corrected chi connectivity index (χ4v) is 2.75. The highest BCUT2D eigenvalue weighted by Gasteiger charge is 2.08. The van der Waals surface area contributed by atoms with Crippen molar-refractivity contribution in [1.82, 2.24) is 30.4 Å². The summed E-state index contributed by atoms with van der Waals surface area (Å²) in [5, 5.41) is 14.7. The largest absolute Gasteiger partial charge is 0.497 e. The Hall–Kier alpha value is -2.76. The second-order valence-electron chi connectivity index (χ2n) is 6.70. The smallest absolute Gasteiger partial charge is 0.192 e. The van der Waals surface area contributed by atoms with E-state index in [0.29, 0.717) is 24.7 Å². The molecule has 3 aromatic rings. The third-order valence-corrected chi connectivity index (χ3v) is 4.68. The molecule has 0 fully saturated rings. The normalized spacial score (nSPS) is 11.0. The van der Waals surface area contributed by atoms with Crippen LogP contribution in [0.1, 0.15) is 22.9 Å². The van der Waals surface area contributed by atoms with Crippen molar-refractivity contribution in [2.75, 3.05) is 13.7 Å². The summed E-state index contributed by atoms with van der Waals surface area (Å²) in [6.07, 6.45) is 2.35. The summed E-state index contributed by atoms with van der Waals surface area (Å²) < 4.78 is 21.0. The number of hydrogen-bond donors (Lipinski definition) is 2. The first-order valence-corrected chi connectivity index (χ1v) is 9.66. The molecule has 0 atom stereocenters. The van der Waals surface area contributed by atoms with Crippen LogP contribution in [0.25, 0.3) is 0 Å². The predicted molar refractivity (Wildman–Crippen MR) is 128 cm³/mol. The van der Waals surface area contributed by atoms with Gasteiger partial charge < -0.3 is 19.9 Å². The van der Waals surface area contributed by atoms with Crippen LogP contribution >= 0.6 is 24.0 Å². The Balaban J connectivity index is 0.00000341. The highest BCUT2D eigenvalue weighted by Crippen LogP contribution is 2.11. The monoisotopic (exact) mass is 539 g/mol. The Morgan fingerprint density at radius 3 is 2.58 bits per heavy atom. The molecule has 31 heavy (non-hydrogen) atoms. The molecule has 0 aliphatic carbocycles. The van der Waals surface area contributed by atoms with Crippen LogP contribution in [0.2, 0.25) is 0 Å². The highest BCUT2D eigenvalue weighted by atomic mass is 127. The van der Waals surface area contributed by atoms with Gasteiger partial charge in [-0.25, -0.2) is 9.38 Å². The van der Waals surface area contributed by atoms with E-state index < -0.39 is 0 Å². The predicted octanol–water partition coefficient (Wildman–Crippen LogP) is 2.76. The molecule has 1 aromatic carbocycles. The molecule has 0 spiro atoms. The summed E-state index contributed by atoms with van der Waals surface area (Å²) in [7, 11) is 3.55. The van der Waals surface area contributed by atoms with Crippen LogP contribution in [0.3, 0.4) is 0 Å². The van der Waals surface area contributed by atoms with Crippen molar-refractivity contribution in [3.8, 4) is 5.75 Å². The number of halogens is 2. The average Bonchev–Trinajstić information content (AvgIpc) is 3.09. The molecular formula is C21H27FIN7O. The molecule has 0 bridgehead atoms. The lowest BCUT2D eigenvalue weighted by Crippen LogP contribution is -2.38. The van der Waals surface area contributed by atoms with Crippen LogP contribution in [-0.4, -0.2) is 39.4 Å². The van der Waals surface area contributed by atoms with Crippen LogP contribution in [0, 0.1) is 12.7 Å². The van der Waals surface area contributed by atoms with Crippen molar-refractivity contribution in [3.63, 3.8) is 0 Å². The van der Waals surface area contributed by atoms with Gasteiger partial charge in [-0.1, -0.05) is 12.1 Å². The number of guanidine groups is 1. The first-order chi connectivity index (χ1) is 14.6. The van der Waals surface area contributed by atoms with Crippen molar-refractivity contribution in [3.05, 3.63) is 71.3 Å². The summed E-state index contributed by atoms with van der Waals surface area (Å²) in [6, 6.07) is 10.9. The number of pyridine rings is 1. The number of hydrogen-bond acceptors (Lipinski definition) is 5. The van der Waals surface area contributed by atoms with Gasteiger partial charge in [-0.2, -0.15) is 0 Å². The van der Waals surface area contributed by atoms with Crippen LogP contribution in [-0.2, 0) is 26.6 Å². The SMILES string of the molecule is COc1ccc(CCNC(=NCc2ncccc2F)NCc2nnc(C)n2C)cc1.I. The number of ether oxygens (including phenoxy) is 1. The first kappa shape index (κ1) is 24.5. The number of aromatic nitrogens is 4. The lowest BCUT2D eigenvalue weighted by molar-refractivity contribution is 0.414. The molecule has 0 aliphatic heterocycles. The molecule has 2 N–H and O–H groups in total. The van der Waals surface area contributed by atoms with E-state index in [1.54, 1.807) is 19.4 Å². The van der Waals surface area contributed by atoms with E-state index in [4.69, 9.17) is 4.74 Å². The van der Waals surface area contributed by atoms with E-state index in [2.05, 4.69) is 30.8 Å². The fourth-order valence-electron chi connectivity index (χ4n) is 2.75. The van der Waals surface area contributed by atoms with Gasteiger partial charge in [0.25, 0.3) is 0 Å². The summed E-state index contributed by atoms with van der Waals surface area (Å²) in [5.74, 6) is 2.61. The van der Waals surface area contributed by atoms with E-state index in [1.165, 1.54) is 11.6 Å². The number of benzene rings is 1. The number of aryl methyl sites for hydroxylation is 1. The van der Waals surface area contributed by atoms with Crippen LogP contribution in [0.5, 0.6) is 5.75 Å². The lowest BCUT2D eigenvalue weighted by Gasteiger charge is -2.13. The van der Waals surface area contributed by atoms with E-state index >= 15 is 0 Å². The molecule has 0 aliphatic rings. The summed E-state index contributed by atoms with van der Waals surface area (Å²) >= 11 is 0.